The third kappa shape index (κ3) is 6.46. The molecule has 9 heteroatoms. The molecule has 3 amide bonds. The van der Waals surface area contributed by atoms with Gasteiger partial charge >= 0.3 is 0 Å². The molecule has 1 saturated heterocycles. The number of amides is 3. The molecule has 182 valence electrons. The van der Waals surface area contributed by atoms with Crippen molar-refractivity contribution in [2.75, 3.05) is 27.3 Å². The summed E-state index contributed by atoms with van der Waals surface area (Å²) in [5.41, 5.74) is 1.12. The summed E-state index contributed by atoms with van der Waals surface area (Å²) in [7, 11) is 3.08. The first-order valence-corrected chi connectivity index (χ1v) is 11.1. The van der Waals surface area contributed by atoms with Gasteiger partial charge in [0.15, 0.2) is 11.5 Å². The molecule has 34 heavy (non-hydrogen) atoms. The molecule has 0 unspecified atom stereocenters. The van der Waals surface area contributed by atoms with E-state index in [0.717, 1.165) is 5.56 Å². The highest BCUT2D eigenvalue weighted by Crippen LogP contribution is 2.28. The number of methoxy groups -OCH3 is 2. The van der Waals surface area contributed by atoms with Gasteiger partial charge in [-0.15, -0.1) is 0 Å². The Morgan fingerprint density at radius 1 is 1.06 bits per heavy atom. The molecule has 1 atom stereocenters. The van der Waals surface area contributed by atoms with Gasteiger partial charge in [-0.1, -0.05) is 12.1 Å². The minimum absolute atomic E-state index is 0.134. The van der Waals surface area contributed by atoms with Gasteiger partial charge in [0.05, 0.1) is 14.2 Å². The molecule has 8 nitrogen and oxygen atoms in total. The van der Waals surface area contributed by atoms with E-state index >= 15 is 0 Å². The van der Waals surface area contributed by atoms with Crippen molar-refractivity contribution in [1.82, 2.24) is 15.5 Å². The number of rotatable bonds is 8. The minimum atomic E-state index is -0.762. The summed E-state index contributed by atoms with van der Waals surface area (Å²) in [6, 6.07) is 10.1. The molecule has 2 N–H and O–H groups in total. The molecule has 1 aliphatic heterocycles. The molecule has 3 rings (SSSR count). The molecule has 0 spiro atoms. The summed E-state index contributed by atoms with van der Waals surface area (Å²) in [5.74, 6) is -0.167. The lowest BCUT2D eigenvalue weighted by molar-refractivity contribution is -0.128. The zero-order chi connectivity index (χ0) is 24.7. The lowest BCUT2D eigenvalue weighted by atomic mass is 10.0. The van der Waals surface area contributed by atoms with Gasteiger partial charge in [0, 0.05) is 38.0 Å². The van der Waals surface area contributed by atoms with Gasteiger partial charge < -0.3 is 25.0 Å². The largest absolute Gasteiger partial charge is 0.493 e. The van der Waals surface area contributed by atoms with Crippen LogP contribution in [-0.4, -0.2) is 62.0 Å². The summed E-state index contributed by atoms with van der Waals surface area (Å²) in [4.78, 5) is 39.0. The SMILES string of the molecule is COc1ccc(C[C@@H](NC(C)=O)C(=O)NC2CCN(C(=O)c3cccc(F)c3)CC2)cc1OC. The van der Waals surface area contributed by atoms with Crippen molar-refractivity contribution in [3.63, 3.8) is 0 Å². The smallest absolute Gasteiger partial charge is 0.253 e. The first-order valence-electron chi connectivity index (χ1n) is 11.1. The molecule has 0 bridgehead atoms. The Bertz CT molecular complexity index is 1040. The van der Waals surface area contributed by atoms with Crippen LogP contribution in [0.3, 0.4) is 0 Å². The monoisotopic (exact) mass is 471 g/mol. The molecular formula is C25H30FN3O5. The Labute approximate surface area is 198 Å². The van der Waals surface area contributed by atoms with Crippen LogP contribution in [0.25, 0.3) is 0 Å². The fraction of sp³-hybridized carbons (Fsp3) is 0.400. The van der Waals surface area contributed by atoms with Crippen molar-refractivity contribution in [1.29, 1.82) is 0 Å². The lowest BCUT2D eigenvalue weighted by Crippen LogP contribution is -2.53. The second-order valence-electron chi connectivity index (χ2n) is 8.23. The van der Waals surface area contributed by atoms with E-state index in [2.05, 4.69) is 10.6 Å². The molecule has 0 aromatic heterocycles. The van der Waals surface area contributed by atoms with Crippen molar-refractivity contribution < 1.29 is 28.2 Å². The third-order valence-electron chi connectivity index (χ3n) is 5.78. The van der Waals surface area contributed by atoms with Crippen LogP contribution in [0.4, 0.5) is 4.39 Å². The number of nitrogens with zero attached hydrogens (tertiary/aromatic N) is 1. The molecule has 1 aliphatic rings. The predicted octanol–water partition coefficient (Wildman–Crippen LogP) is 2.31. The highest BCUT2D eigenvalue weighted by Gasteiger charge is 2.28. The molecule has 0 saturated carbocycles. The summed E-state index contributed by atoms with van der Waals surface area (Å²) in [6.45, 7) is 2.26. The van der Waals surface area contributed by atoms with E-state index in [4.69, 9.17) is 9.47 Å². The number of likely N-dealkylation sites (tertiary alicyclic amines) is 1. The predicted molar refractivity (Wildman–Crippen MR) is 124 cm³/mol. The highest BCUT2D eigenvalue weighted by molar-refractivity contribution is 5.94. The van der Waals surface area contributed by atoms with Gasteiger partial charge in [-0.25, -0.2) is 4.39 Å². The van der Waals surface area contributed by atoms with Crippen LogP contribution in [0.1, 0.15) is 35.7 Å². The van der Waals surface area contributed by atoms with Gasteiger partial charge in [-0.05, 0) is 48.7 Å². The first kappa shape index (κ1) is 25.0. The lowest BCUT2D eigenvalue weighted by Gasteiger charge is -2.33. The van der Waals surface area contributed by atoms with Crippen molar-refractivity contribution in [2.45, 2.75) is 38.3 Å². The maximum Gasteiger partial charge on any atom is 0.253 e. The number of benzene rings is 2. The maximum atomic E-state index is 13.4. The molecule has 1 heterocycles. The first-order chi connectivity index (χ1) is 16.3. The normalized spacial score (nSPS) is 14.8. The number of halogens is 1. The van der Waals surface area contributed by atoms with Gasteiger partial charge in [-0.3, -0.25) is 14.4 Å². The number of carbonyl (C=O) groups is 3. The van der Waals surface area contributed by atoms with Gasteiger partial charge in [0.2, 0.25) is 11.8 Å². The van der Waals surface area contributed by atoms with Crippen molar-refractivity contribution in [3.8, 4) is 11.5 Å². The van der Waals surface area contributed by atoms with E-state index in [1.807, 2.05) is 6.07 Å². The van der Waals surface area contributed by atoms with Gasteiger partial charge in [-0.2, -0.15) is 0 Å². The van der Waals surface area contributed by atoms with Gasteiger partial charge in [0.25, 0.3) is 5.91 Å². The maximum absolute atomic E-state index is 13.4. The summed E-state index contributed by atoms with van der Waals surface area (Å²) in [5, 5.41) is 5.71. The molecule has 0 aliphatic carbocycles. The fourth-order valence-electron chi connectivity index (χ4n) is 4.03. The second kappa shape index (κ2) is 11.5. The van der Waals surface area contributed by atoms with Crippen LogP contribution < -0.4 is 20.1 Å². The summed E-state index contributed by atoms with van der Waals surface area (Å²) < 4.78 is 24.0. The van der Waals surface area contributed by atoms with E-state index in [1.165, 1.54) is 32.2 Å². The van der Waals surface area contributed by atoms with E-state index in [9.17, 15) is 18.8 Å². The van der Waals surface area contributed by atoms with Crippen LogP contribution in [0.2, 0.25) is 0 Å². The van der Waals surface area contributed by atoms with E-state index < -0.39 is 11.9 Å². The number of ether oxygens (including phenoxy) is 2. The second-order valence-corrected chi connectivity index (χ2v) is 8.23. The molecule has 2 aromatic rings. The van der Waals surface area contributed by atoms with Gasteiger partial charge in [0.1, 0.15) is 11.9 Å². The average Bonchev–Trinajstić information content (AvgIpc) is 2.83. The molecule has 2 aromatic carbocycles. The highest BCUT2D eigenvalue weighted by atomic mass is 19.1. The molecule has 0 radical (unpaired) electrons. The number of nitrogens with one attached hydrogen (secondary N) is 2. The van der Waals surface area contributed by atoms with Crippen molar-refractivity contribution >= 4 is 17.7 Å². The van der Waals surface area contributed by atoms with Crippen LogP contribution in [0.5, 0.6) is 11.5 Å². The van der Waals surface area contributed by atoms with Crippen molar-refractivity contribution in [3.05, 3.63) is 59.4 Å². The minimum Gasteiger partial charge on any atom is -0.493 e. The Morgan fingerprint density at radius 3 is 2.38 bits per heavy atom. The Morgan fingerprint density at radius 2 is 1.76 bits per heavy atom. The zero-order valence-corrected chi connectivity index (χ0v) is 19.6. The summed E-state index contributed by atoms with van der Waals surface area (Å²) >= 11 is 0. The van der Waals surface area contributed by atoms with Crippen LogP contribution in [0, 0.1) is 5.82 Å². The van der Waals surface area contributed by atoms with Crippen molar-refractivity contribution in [2.24, 2.45) is 0 Å². The number of carbonyl (C=O) groups excluding carboxylic acids is 3. The average molecular weight is 472 g/mol. The Kier molecular flexibility index (Phi) is 8.45. The zero-order valence-electron chi connectivity index (χ0n) is 19.6. The number of hydrogen-bond acceptors (Lipinski definition) is 5. The van der Waals surface area contributed by atoms with Crippen LogP contribution >= 0.6 is 0 Å². The molecule has 1 fully saturated rings. The molecular weight excluding hydrogens is 441 g/mol. The van der Waals surface area contributed by atoms with E-state index in [0.29, 0.717) is 43.0 Å². The van der Waals surface area contributed by atoms with E-state index in [1.54, 1.807) is 30.2 Å². The van der Waals surface area contributed by atoms with Crippen LogP contribution in [-0.2, 0) is 16.0 Å². The number of hydrogen-bond donors (Lipinski definition) is 2. The number of piperidine rings is 1. The third-order valence-corrected chi connectivity index (χ3v) is 5.78. The summed E-state index contributed by atoms with van der Waals surface area (Å²) in [6.07, 6.45) is 1.41. The standard InChI is InChI=1S/C25H30FN3O5/c1-16(30)27-21(13-17-7-8-22(33-2)23(14-17)34-3)24(31)28-20-9-11-29(12-10-20)25(32)18-5-4-6-19(26)15-18/h4-8,14-15,20-21H,9-13H2,1-3H3,(H,27,30)(H,28,31)/t21-/m1/s1. The van der Waals surface area contributed by atoms with Crippen LogP contribution in [0.15, 0.2) is 42.5 Å². The topological polar surface area (TPSA) is 97.0 Å². The van der Waals surface area contributed by atoms with E-state index in [-0.39, 0.29) is 30.2 Å². The quantitative estimate of drug-likeness (QED) is 0.616. The Hall–Kier alpha value is -3.62. The fourth-order valence-corrected chi connectivity index (χ4v) is 4.03. The Balaban J connectivity index is 1.60.